The molecule has 0 saturated heterocycles. The minimum absolute atomic E-state index is 0.296. The molecule has 0 aliphatic rings. The zero-order valence-corrected chi connectivity index (χ0v) is 10.8. The number of aliphatic hydroxyl groups is 1. The summed E-state index contributed by atoms with van der Waals surface area (Å²) in [5, 5.41) is 10.3. The minimum Gasteiger partial charge on any atom is -0.464 e. The van der Waals surface area contributed by atoms with Crippen LogP contribution in [0.15, 0.2) is 25.3 Å². The number of carbonyl (C=O) groups is 1. The summed E-state index contributed by atoms with van der Waals surface area (Å²) in [5.74, 6) is -0.506. The molecule has 0 aliphatic heterocycles. The van der Waals surface area contributed by atoms with Gasteiger partial charge in [0.1, 0.15) is 0 Å². The fourth-order valence-corrected chi connectivity index (χ4v) is 1.67. The molecule has 17 heavy (non-hydrogen) atoms. The van der Waals surface area contributed by atoms with Crippen LogP contribution in [-0.2, 0) is 9.53 Å². The van der Waals surface area contributed by atoms with Crippen LogP contribution in [0.4, 0.5) is 0 Å². The van der Waals surface area contributed by atoms with Crippen LogP contribution in [0.25, 0.3) is 0 Å². The molecule has 0 aromatic rings. The first-order chi connectivity index (χ1) is 8.10. The van der Waals surface area contributed by atoms with Crippen LogP contribution in [0, 0.1) is 0 Å². The molecule has 0 bridgehead atoms. The molecule has 98 valence electrons. The summed E-state index contributed by atoms with van der Waals surface area (Å²) in [5.41, 5.74) is -1.35. The highest BCUT2D eigenvalue weighted by molar-refractivity contribution is 5.79. The normalized spacial score (nSPS) is 10.9. The third-order valence-electron chi connectivity index (χ3n) is 2.65. The van der Waals surface area contributed by atoms with Gasteiger partial charge in [0.25, 0.3) is 0 Å². The predicted octanol–water partition coefficient (Wildman–Crippen LogP) is 2.99. The Bertz CT molecular complexity index is 232. The Kier molecular flexibility index (Phi) is 8.42. The van der Waals surface area contributed by atoms with Crippen molar-refractivity contribution in [1.82, 2.24) is 0 Å². The maximum absolute atomic E-state index is 11.7. The van der Waals surface area contributed by atoms with E-state index < -0.39 is 11.6 Å². The van der Waals surface area contributed by atoms with E-state index in [0.29, 0.717) is 19.4 Å². The average Bonchev–Trinajstić information content (AvgIpc) is 2.30. The van der Waals surface area contributed by atoms with Gasteiger partial charge in [0.05, 0.1) is 6.61 Å². The Morgan fingerprint density at radius 2 is 1.71 bits per heavy atom. The van der Waals surface area contributed by atoms with Crippen LogP contribution in [-0.4, -0.2) is 23.3 Å². The van der Waals surface area contributed by atoms with Crippen molar-refractivity contribution in [2.24, 2.45) is 0 Å². The second kappa shape index (κ2) is 8.99. The molecule has 0 aromatic carbocycles. The Labute approximate surface area is 104 Å². The molecule has 0 spiro atoms. The van der Waals surface area contributed by atoms with E-state index in [4.69, 9.17) is 4.74 Å². The van der Waals surface area contributed by atoms with E-state index in [0.717, 1.165) is 25.7 Å². The van der Waals surface area contributed by atoms with Gasteiger partial charge < -0.3 is 9.84 Å². The molecule has 1 N–H and O–H groups in total. The summed E-state index contributed by atoms with van der Waals surface area (Å²) in [7, 11) is 0. The third-order valence-corrected chi connectivity index (χ3v) is 2.65. The number of ether oxygens (including phenoxy) is 1. The molecule has 0 aromatic heterocycles. The molecular weight excluding hydrogens is 216 g/mol. The molecule has 0 heterocycles. The molecule has 3 nitrogen and oxygen atoms in total. The topological polar surface area (TPSA) is 46.5 Å². The first-order valence-corrected chi connectivity index (χ1v) is 6.22. The molecule has 0 amide bonds. The van der Waals surface area contributed by atoms with Crippen molar-refractivity contribution in [3.8, 4) is 0 Å². The van der Waals surface area contributed by atoms with Gasteiger partial charge in [0, 0.05) is 0 Å². The number of esters is 1. The second-order valence-corrected chi connectivity index (χ2v) is 4.11. The summed E-state index contributed by atoms with van der Waals surface area (Å²) < 4.78 is 4.93. The van der Waals surface area contributed by atoms with E-state index in [1.807, 2.05) is 0 Å². The molecule has 0 rings (SSSR count). The highest BCUT2D eigenvalue weighted by atomic mass is 16.5. The number of hydrogen-bond donors (Lipinski definition) is 1. The van der Waals surface area contributed by atoms with E-state index in [1.165, 1.54) is 0 Å². The Balaban J connectivity index is 4.37. The van der Waals surface area contributed by atoms with E-state index in [1.54, 1.807) is 19.1 Å². The molecular formula is C14H24O3. The van der Waals surface area contributed by atoms with E-state index in [9.17, 15) is 9.90 Å². The van der Waals surface area contributed by atoms with Crippen molar-refractivity contribution >= 4 is 5.97 Å². The van der Waals surface area contributed by atoms with Gasteiger partial charge in [0.15, 0.2) is 5.60 Å². The molecule has 0 fully saturated rings. The lowest BCUT2D eigenvalue weighted by atomic mass is 9.90. The van der Waals surface area contributed by atoms with Gasteiger partial charge in [-0.3, -0.25) is 0 Å². The minimum atomic E-state index is -1.35. The smallest absolute Gasteiger partial charge is 0.338 e. The van der Waals surface area contributed by atoms with Gasteiger partial charge in [-0.25, -0.2) is 4.79 Å². The number of unbranched alkanes of at least 4 members (excludes halogenated alkanes) is 2. The summed E-state index contributed by atoms with van der Waals surface area (Å²) in [6.45, 7) is 9.29. The lowest BCUT2D eigenvalue weighted by molar-refractivity contribution is -0.166. The molecule has 0 radical (unpaired) electrons. The van der Waals surface area contributed by atoms with Crippen molar-refractivity contribution in [1.29, 1.82) is 0 Å². The van der Waals surface area contributed by atoms with Gasteiger partial charge in [-0.1, -0.05) is 12.2 Å². The van der Waals surface area contributed by atoms with E-state index in [2.05, 4.69) is 13.2 Å². The van der Waals surface area contributed by atoms with E-state index >= 15 is 0 Å². The fraction of sp³-hybridized carbons (Fsp3) is 0.643. The van der Waals surface area contributed by atoms with Gasteiger partial charge >= 0.3 is 5.97 Å². The third kappa shape index (κ3) is 6.27. The summed E-state index contributed by atoms with van der Waals surface area (Å²) in [6.07, 6.45) is 7.50. The van der Waals surface area contributed by atoms with Crippen LogP contribution in [0.1, 0.15) is 45.4 Å². The molecule has 0 atom stereocenters. The number of carbonyl (C=O) groups excluding carboxylic acids is 1. The highest BCUT2D eigenvalue weighted by Gasteiger charge is 2.35. The number of allylic oxidation sites excluding steroid dienone is 2. The standard InChI is InChI=1S/C14H24O3/c1-4-7-9-11-14(16,12-10-8-5-2)13(15)17-6-3/h4-5,16H,1-2,6-12H2,3H3. The predicted molar refractivity (Wildman–Crippen MR) is 69.7 cm³/mol. The van der Waals surface area contributed by atoms with Crippen LogP contribution < -0.4 is 0 Å². The summed E-state index contributed by atoms with van der Waals surface area (Å²) in [6, 6.07) is 0. The SMILES string of the molecule is C=CCCCC(O)(CCCC=C)C(=O)OCC. The summed E-state index contributed by atoms with van der Waals surface area (Å²) >= 11 is 0. The molecule has 0 unspecified atom stereocenters. The van der Waals surface area contributed by atoms with Gasteiger partial charge in [-0.05, 0) is 45.4 Å². The first kappa shape index (κ1) is 15.9. The van der Waals surface area contributed by atoms with Crippen molar-refractivity contribution < 1.29 is 14.6 Å². The van der Waals surface area contributed by atoms with Gasteiger partial charge in [-0.2, -0.15) is 0 Å². The maximum Gasteiger partial charge on any atom is 0.338 e. The largest absolute Gasteiger partial charge is 0.464 e. The van der Waals surface area contributed by atoms with Crippen LogP contribution in [0.3, 0.4) is 0 Å². The lowest BCUT2D eigenvalue weighted by Crippen LogP contribution is -2.40. The molecule has 0 saturated carbocycles. The lowest BCUT2D eigenvalue weighted by Gasteiger charge is -2.25. The van der Waals surface area contributed by atoms with Gasteiger partial charge in [-0.15, -0.1) is 13.2 Å². The quantitative estimate of drug-likeness (QED) is 0.363. The van der Waals surface area contributed by atoms with Crippen molar-refractivity contribution in [3.05, 3.63) is 25.3 Å². The molecule has 3 heteroatoms. The van der Waals surface area contributed by atoms with Crippen molar-refractivity contribution in [2.75, 3.05) is 6.61 Å². The fourth-order valence-electron chi connectivity index (χ4n) is 1.67. The van der Waals surface area contributed by atoms with Crippen LogP contribution in [0.5, 0.6) is 0 Å². The Morgan fingerprint density at radius 3 is 2.06 bits per heavy atom. The molecule has 0 aliphatic carbocycles. The average molecular weight is 240 g/mol. The number of hydrogen-bond acceptors (Lipinski definition) is 3. The maximum atomic E-state index is 11.7. The second-order valence-electron chi connectivity index (χ2n) is 4.11. The Morgan fingerprint density at radius 1 is 1.24 bits per heavy atom. The Hall–Kier alpha value is -1.09. The zero-order valence-electron chi connectivity index (χ0n) is 10.8. The van der Waals surface area contributed by atoms with E-state index in [-0.39, 0.29) is 0 Å². The first-order valence-electron chi connectivity index (χ1n) is 6.22. The van der Waals surface area contributed by atoms with Crippen molar-refractivity contribution in [2.45, 2.75) is 51.0 Å². The van der Waals surface area contributed by atoms with Crippen LogP contribution in [0.2, 0.25) is 0 Å². The van der Waals surface area contributed by atoms with Crippen LogP contribution >= 0.6 is 0 Å². The zero-order chi connectivity index (χ0) is 13.1. The van der Waals surface area contributed by atoms with Gasteiger partial charge in [0.2, 0.25) is 0 Å². The summed E-state index contributed by atoms with van der Waals surface area (Å²) in [4.78, 5) is 11.7. The highest BCUT2D eigenvalue weighted by Crippen LogP contribution is 2.23. The van der Waals surface area contributed by atoms with Crippen molar-refractivity contribution in [3.63, 3.8) is 0 Å². The number of rotatable bonds is 10. The monoisotopic (exact) mass is 240 g/mol.